The summed E-state index contributed by atoms with van der Waals surface area (Å²) in [4.78, 5) is 9.44. The van der Waals surface area contributed by atoms with E-state index < -0.39 is 0 Å². The predicted octanol–water partition coefficient (Wildman–Crippen LogP) is 0.593. The Balaban J connectivity index is 0. The van der Waals surface area contributed by atoms with Crippen molar-refractivity contribution in [3.8, 4) is 0 Å². The zero-order valence-electron chi connectivity index (χ0n) is 3.32. The molecule has 0 aliphatic heterocycles. The normalized spacial score (nSPS) is 5.20. The SMILES string of the molecule is CC(C)=O.[W]. The maximum absolute atomic E-state index is 9.44. The van der Waals surface area contributed by atoms with Gasteiger partial charge in [0.1, 0.15) is 5.78 Å². The second-order valence-corrected chi connectivity index (χ2v) is 0.908. The second kappa shape index (κ2) is 4.36. The molecule has 5 heavy (non-hydrogen) atoms. The summed E-state index contributed by atoms with van der Waals surface area (Å²) in [7, 11) is 0. The van der Waals surface area contributed by atoms with Crippen LogP contribution < -0.4 is 0 Å². The average molecular weight is 242 g/mol. The Morgan fingerprint density at radius 2 is 1.40 bits per heavy atom. The zero-order valence-corrected chi connectivity index (χ0v) is 6.25. The number of rotatable bonds is 0. The van der Waals surface area contributed by atoms with Crippen molar-refractivity contribution in [1.29, 1.82) is 0 Å². The Hall–Kier alpha value is 0.358. The van der Waals surface area contributed by atoms with Gasteiger partial charge in [0.05, 0.1) is 0 Å². The summed E-state index contributed by atoms with van der Waals surface area (Å²) >= 11 is 0. The molecule has 0 spiro atoms. The quantitative estimate of drug-likeness (QED) is 0.607. The molecule has 0 heterocycles. The van der Waals surface area contributed by atoms with E-state index in [1.54, 1.807) is 0 Å². The Bertz CT molecular complexity index is 29.9. The molecule has 0 saturated carbocycles. The summed E-state index contributed by atoms with van der Waals surface area (Å²) in [5.74, 6) is 0.167. The van der Waals surface area contributed by atoms with Gasteiger partial charge in [0.25, 0.3) is 0 Å². The van der Waals surface area contributed by atoms with Gasteiger partial charge in [-0.25, -0.2) is 0 Å². The molecule has 1 nitrogen and oxygen atoms in total. The van der Waals surface area contributed by atoms with Crippen molar-refractivity contribution in [2.24, 2.45) is 0 Å². The fraction of sp³-hybridized carbons (Fsp3) is 0.667. The topological polar surface area (TPSA) is 17.1 Å². The molecule has 0 unspecified atom stereocenters. The molecule has 0 aliphatic carbocycles. The van der Waals surface area contributed by atoms with Gasteiger partial charge < -0.3 is 4.79 Å². The number of carbonyl (C=O) groups excluding carboxylic acids is 1. The largest absolute Gasteiger partial charge is 0.300 e. The van der Waals surface area contributed by atoms with Gasteiger partial charge in [-0.3, -0.25) is 0 Å². The second-order valence-electron chi connectivity index (χ2n) is 0.908. The van der Waals surface area contributed by atoms with Gasteiger partial charge in [-0.15, -0.1) is 0 Å². The molecule has 0 fully saturated rings. The Kier molecular flexibility index (Phi) is 7.87. The monoisotopic (exact) mass is 242 g/mol. The number of carbonyl (C=O) groups is 1. The van der Waals surface area contributed by atoms with Crippen molar-refractivity contribution in [1.82, 2.24) is 0 Å². The minimum Gasteiger partial charge on any atom is -0.300 e. The first kappa shape index (κ1) is 9.02. The number of hydrogen-bond acceptors (Lipinski definition) is 1. The fourth-order valence-corrected chi connectivity index (χ4v) is 0. The first-order valence-electron chi connectivity index (χ1n) is 1.20. The summed E-state index contributed by atoms with van der Waals surface area (Å²) in [5.41, 5.74) is 0. The van der Waals surface area contributed by atoms with E-state index >= 15 is 0 Å². The van der Waals surface area contributed by atoms with Crippen LogP contribution in [0.3, 0.4) is 0 Å². The van der Waals surface area contributed by atoms with Crippen molar-refractivity contribution in [3.05, 3.63) is 0 Å². The minimum absolute atomic E-state index is 0. The molecule has 0 N–H and O–H groups in total. The van der Waals surface area contributed by atoms with Crippen molar-refractivity contribution in [2.45, 2.75) is 13.8 Å². The van der Waals surface area contributed by atoms with Gasteiger partial charge >= 0.3 is 0 Å². The Morgan fingerprint density at radius 1 is 1.40 bits per heavy atom. The molecule has 30 valence electrons. The Morgan fingerprint density at radius 3 is 1.40 bits per heavy atom. The summed E-state index contributed by atoms with van der Waals surface area (Å²) < 4.78 is 0. The first-order valence-corrected chi connectivity index (χ1v) is 1.20. The molecule has 0 atom stereocenters. The molecule has 2 heteroatoms. The van der Waals surface area contributed by atoms with Crippen LogP contribution in [0.4, 0.5) is 0 Å². The molecular weight excluding hydrogens is 236 g/mol. The smallest absolute Gasteiger partial charge is 0.126 e. The molecule has 0 radical (unpaired) electrons. The summed E-state index contributed by atoms with van der Waals surface area (Å²) in [6.07, 6.45) is 0. The number of hydrogen-bond donors (Lipinski definition) is 0. The van der Waals surface area contributed by atoms with Crippen LogP contribution in [0.2, 0.25) is 0 Å². The fourth-order valence-electron chi connectivity index (χ4n) is 0. The third-order valence-electron chi connectivity index (χ3n) is 0. The van der Waals surface area contributed by atoms with E-state index in [0.29, 0.717) is 0 Å². The van der Waals surface area contributed by atoms with E-state index in [0.717, 1.165) is 0 Å². The standard InChI is InChI=1S/C3H6O.W/c1-3(2)4;/h1-2H3;. The van der Waals surface area contributed by atoms with Gasteiger partial charge in [0, 0.05) is 21.1 Å². The van der Waals surface area contributed by atoms with E-state index in [9.17, 15) is 4.79 Å². The third-order valence-corrected chi connectivity index (χ3v) is 0. The van der Waals surface area contributed by atoms with Crippen LogP contribution in [0.1, 0.15) is 13.8 Å². The zero-order chi connectivity index (χ0) is 3.58. The predicted molar refractivity (Wildman–Crippen MR) is 16.4 cm³/mol. The minimum atomic E-state index is 0. The van der Waals surface area contributed by atoms with Crippen molar-refractivity contribution < 1.29 is 25.9 Å². The molecule has 0 aromatic rings. The Labute approximate surface area is 46.0 Å². The maximum Gasteiger partial charge on any atom is 0.126 e. The van der Waals surface area contributed by atoms with Gasteiger partial charge in [-0.2, -0.15) is 0 Å². The van der Waals surface area contributed by atoms with Crippen LogP contribution in [-0.2, 0) is 25.9 Å². The van der Waals surface area contributed by atoms with Crippen LogP contribution in [0.25, 0.3) is 0 Å². The van der Waals surface area contributed by atoms with Crippen LogP contribution >= 0.6 is 0 Å². The van der Waals surface area contributed by atoms with Crippen LogP contribution in [0.15, 0.2) is 0 Å². The molecule has 0 aliphatic rings. The molecule has 0 bridgehead atoms. The average Bonchev–Trinajstić information content (AvgIpc) is 0.811. The number of Topliss-reactive ketones (excluding diaryl/α,β-unsaturated/α-hetero) is 1. The molecule has 0 rings (SSSR count). The van der Waals surface area contributed by atoms with Crippen LogP contribution in [-0.4, -0.2) is 5.78 Å². The molecule has 0 saturated heterocycles. The van der Waals surface area contributed by atoms with Crippen molar-refractivity contribution in [3.63, 3.8) is 0 Å². The number of ketones is 1. The maximum atomic E-state index is 9.44. The van der Waals surface area contributed by atoms with Crippen molar-refractivity contribution in [2.75, 3.05) is 0 Å². The molecule has 0 amide bonds. The van der Waals surface area contributed by atoms with Gasteiger partial charge in [-0.1, -0.05) is 0 Å². The van der Waals surface area contributed by atoms with E-state index in [4.69, 9.17) is 0 Å². The first-order chi connectivity index (χ1) is 1.73. The molecule has 0 aromatic carbocycles. The van der Waals surface area contributed by atoms with E-state index in [-0.39, 0.29) is 26.8 Å². The van der Waals surface area contributed by atoms with E-state index in [2.05, 4.69) is 0 Å². The summed E-state index contributed by atoms with van der Waals surface area (Å²) in [6.45, 7) is 3.06. The van der Waals surface area contributed by atoms with Gasteiger partial charge in [-0.05, 0) is 13.8 Å². The van der Waals surface area contributed by atoms with Crippen molar-refractivity contribution >= 4 is 5.78 Å². The summed E-state index contributed by atoms with van der Waals surface area (Å²) in [5, 5.41) is 0. The van der Waals surface area contributed by atoms with Crippen LogP contribution in [0, 0.1) is 0 Å². The van der Waals surface area contributed by atoms with Gasteiger partial charge in [0.2, 0.25) is 0 Å². The third kappa shape index (κ3) is 189. The summed E-state index contributed by atoms with van der Waals surface area (Å²) in [6, 6.07) is 0. The molecule has 0 aromatic heterocycles. The van der Waals surface area contributed by atoms with Crippen LogP contribution in [0.5, 0.6) is 0 Å². The van der Waals surface area contributed by atoms with E-state index in [1.807, 2.05) is 0 Å². The van der Waals surface area contributed by atoms with Gasteiger partial charge in [0.15, 0.2) is 0 Å². The molecular formula is C3H6OW. The van der Waals surface area contributed by atoms with E-state index in [1.165, 1.54) is 13.8 Å².